The van der Waals surface area contributed by atoms with Gasteiger partial charge in [0.25, 0.3) is 0 Å². The predicted octanol–water partition coefficient (Wildman–Crippen LogP) is 1.41. The molecule has 4 nitrogen and oxygen atoms in total. The van der Waals surface area contributed by atoms with Gasteiger partial charge in [-0.05, 0) is 18.8 Å². The first kappa shape index (κ1) is 14.9. The van der Waals surface area contributed by atoms with Crippen molar-refractivity contribution >= 4 is 11.8 Å². The van der Waals surface area contributed by atoms with Crippen LogP contribution in [0.1, 0.15) is 40.0 Å². The second-order valence-corrected chi connectivity index (χ2v) is 4.52. The topological polar surface area (TPSA) is 49.4 Å². The third kappa shape index (κ3) is 6.43. The van der Waals surface area contributed by atoms with Gasteiger partial charge in [-0.2, -0.15) is 0 Å². The second-order valence-electron chi connectivity index (χ2n) is 4.52. The maximum atomic E-state index is 11.5. The van der Waals surface area contributed by atoms with Crippen LogP contribution in [-0.2, 0) is 9.59 Å². The molecule has 0 bridgehead atoms. The molecule has 0 aliphatic carbocycles. The number of likely N-dealkylation sites (N-methyl/N-ethyl adjacent to an activating group) is 1. The number of hydrogen-bond donors (Lipinski definition) is 1. The maximum absolute atomic E-state index is 11.5. The number of nitrogens with one attached hydrogen (secondary N) is 1. The molecule has 0 heterocycles. The van der Waals surface area contributed by atoms with Crippen molar-refractivity contribution in [3.05, 3.63) is 0 Å². The van der Waals surface area contributed by atoms with Gasteiger partial charge in [0, 0.05) is 20.1 Å². The Balaban J connectivity index is 3.84. The number of carbonyl (C=O) groups is 2. The summed E-state index contributed by atoms with van der Waals surface area (Å²) in [7, 11) is 1.67. The van der Waals surface area contributed by atoms with Crippen molar-refractivity contribution in [2.45, 2.75) is 40.0 Å². The molecule has 0 aromatic heterocycles. The van der Waals surface area contributed by atoms with Crippen LogP contribution in [0.4, 0.5) is 0 Å². The van der Waals surface area contributed by atoms with Crippen LogP contribution in [0.2, 0.25) is 0 Å². The minimum atomic E-state index is -0.487. The van der Waals surface area contributed by atoms with Gasteiger partial charge in [0.05, 0.1) is 0 Å². The Labute approximate surface area is 98.4 Å². The van der Waals surface area contributed by atoms with Gasteiger partial charge in [-0.1, -0.05) is 27.2 Å². The lowest BCUT2D eigenvalue weighted by atomic mass is 10.1. The summed E-state index contributed by atoms with van der Waals surface area (Å²) >= 11 is 0. The zero-order valence-electron chi connectivity index (χ0n) is 10.9. The highest BCUT2D eigenvalue weighted by Crippen LogP contribution is 1.97. The summed E-state index contributed by atoms with van der Waals surface area (Å²) in [5.41, 5.74) is 0. The molecule has 4 heteroatoms. The van der Waals surface area contributed by atoms with Gasteiger partial charge in [-0.15, -0.1) is 0 Å². The Bertz CT molecular complexity index is 227. The summed E-state index contributed by atoms with van der Waals surface area (Å²) in [6, 6.07) is 0. The summed E-state index contributed by atoms with van der Waals surface area (Å²) in [5.74, 6) is -0.385. The Morgan fingerprint density at radius 1 is 1.31 bits per heavy atom. The van der Waals surface area contributed by atoms with E-state index in [1.807, 2.05) is 0 Å². The summed E-state index contributed by atoms with van der Waals surface area (Å²) < 4.78 is 0. The smallest absolute Gasteiger partial charge is 0.311 e. The molecule has 0 rings (SSSR count). The van der Waals surface area contributed by atoms with E-state index in [0.717, 1.165) is 19.3 Å². The standard InChI is InChI=1S/C12H24N2O2/c1-5-6-9-14(4)12(16)11(15)13-8-7-10(2)3/h10H,5-9H2,1-4H3,(H,13,15). The molecule has 0 fully saturated rings. The third-order valence-corrected chi connectivity index (χ3v) is 2.40. The van der Waals surface area contributed by atoms with Crippen LogP contribution in [0.5, 0.6) is 0 Å². The Morgan fingerprint density at radius 2 is 1.94 bits per heavy atom. The molecule has 0 saturated heterocycles. The van der Waals surface area contributed by atoms with Crippen LogP contribution < -0.4 is 5.32 Å². The highest BCUT2D eigenvalue weighted by atomic mass is 16.2. The van der Waals surface area contributed by atoms with Crippen molar-refractivity contribution in [3.63, 3.8) is 0 Å². The molecular formula is C12H24N2O2. The molecule has 0 saturated carbocycles. The number of amides is 2. The number of nitrogens with zero attached hydrogens (tertiary/aromatic N) is 1. The van der Waals surface area contributed by atoms with E-state index in [4.69, 9.17) is 0 Å². The van der Waals surface area contributed by atoms with Gasteiger partial charge < -0.3 is 10.2 Å². The fourth-order valence-electron chi connectivity index (χ4n) is 1.22. The highest BCUT2D eigenvalue weighted by molar-refractivity contribution is 6.34. The first-order chi connectivity index (χ1) is 7.49. The van der Waals surface area contributed by atoms with Crippen LogP contribution in [0.25, 0.3) is 0 Å². The summed E-state index contributed by atoms with van der Waals surface area (Å²) in [4.78, 5) is 24.4. The second kappa shape index (κ2) is 8.13. The van der Waals surface area contributed by atoms with E-state index in [9.17, 15) is 9.59 Å². The monoisotopic (exact) mass is 228 g/mol. The number of hydrogen-bond acceptors (Lipinski definition) is 2. The fourth-order valence-corrected chi connectivity index (χ4v) is 1.22. The van der Waals surface area contributed by atoms with Crippen LogP contribution in [0.3, 0.4) is 0 Å². The van der Waals surface area contributed by atoms with Gasteiger partial charge in [-0.3, -0.25) is 9.59 Å². The van der Waals surface area contributed by atoms with Gasteiger partial charge >= 0.3 is 11.8 Å². The van der Waals surface area contributed by atoms with Crippen LogP contribution >= 0.6 is 0 Å². The molecule has 94 valence electrons. The van der Waals surface area contributed by atoms with Crippen molar-refractivity contribution in [2.24, 2.45) is 5.92 Å². The van der Waals surface area contributed by atoms with E-state index < -0.39 is 11.8 Å². The molecule has 0 aromatic rings. The van der Waals surface area contributed by atoms with E-state index in [-0.39, 0.29) is 0 Å². The molecular weight excluding hydrogens is 204 g/mol. The van der Waals surface area contributed by atoms with E-state index in [1.54, 1.807) is 7.05 Å². The summed E-state index contributed by atoms with van der Waals surface area (Å²) in [6.07, 6.45) is 2.85. The van der Waals surface area contributed by atoms with Crippen molar-refractivity contribution in [1.29, 1.82) is 0 Å². The Hall–Kier alpha value is -1.06. The SMILES string of the molecule is CCCCN(C)C(=O)C(=O)NCCC(C)C. The quantitative estimate of drug-likeness (QED) is 0.699. The van der Waals surface area contributed by atoms with Gasteiger partial charge in [-0.25, -0.2) is 0 Å². The average Bonchev–Trinajstić information content (AvgIpc) is 2.24. The molecule has 0 spiro atoms. The predicted molar refractivity (Wildman–Crippen MR) is 65.0 cm³/mol. The van der Waals surface area contributed by atoms with Crippen molar-refractivity contribution < 1.29 is 9.59 Å². The lowest BCUT2D eigenvalue weighted by molar-refractivity contribution is -0.145. The number of carbonyl (C=O) groups excluding carboxylic acids is 2. The van der Waals surface area contributed by atoms with Gasteiger partial charge in [0.2, 0.25) is 0 Å². The maximum Gasteiger partial charge on any atom is 0.311 e. The molecule has 2 amide bonds. The number of rotatable bonds is 6. The number of unbranched alkanes of at least 4 members (excludes halogenated alkanes) is 1. The van der Waals surface area contributed by atoms with Crippen LogP contribution in [-0.4, -0.2) is 36.9 Å². The molecule has 0 atom stereocenters. The molecule has 0 radical (unpaired) electrons. The van der Waals surface area contributed by atoms with E-state index in [1.165, 1.54) is 4.90 Å². The molecule has 0 aliphatic heterocycles. The van der Waals surface area contributed by atoms with Crippen LogP contribution in [0, 0.1) is 5.92 Å². The molecule has 0 aromatic carbocycles. The normalized spacial score (nSPS) is 10.3. The highest BCUT2D eigenvalue weighted by Gasteiger charge is 2.17. The first-order valence-corrected chi connectivity index (χ1v) is 6.02. The van der Waals surface area contributed by atoms with Gasteiger partial charge in [0.15, 0.2) is 0 Å². The molecule has 16 heavy (non-hydrogen) atoms. The zero-order chi connectivity index (χ0) is 12.6. The summed E-state index contributed by atoms with van der Waals surface area (Å²) in [6.45, 7) is 7.44. The zero-order valence-corrected chi connectivity index (χ0v) is 10.9. The molecule has 0 unspecified atom stereocenters. The minimum Gasteiger partial charge on any atom is -0.348 e. The lowest BCUT2D eigenvalue weighted by Gasteiger charge is -2.16. The average molecular weight is 228 g/mol. The van der Waals surface area contributed by atoms with Crippen molar-refractivity contribution in [3.8, 4) is 0 Å². The third-order valence-electron chi connectivity index (χ3n) is 2.40. The largest absolute Gasteiger partial charge is 0.348 e. The van der Waals surface area contributed by atoms with Gasteiger partial charge in [0.1, 0.15) is 0 Å². The Kier molecular flexibility index (Phi) is 7.60. The van der Waals surface area contributed by atoms with Crippen molar-refractivity contribution in [2.75, 3.05) is 20.1 Å². The molecule has 0 aliphatic rings. The van der Waals surface area contributed by atoms with Crippen molar-refractivity contribution in [1.82, 2.24) is 10.2 Å². The minimum absolute atomic E-state index is 0.433. The van der Waals surface area contributed by atoms with E-state index in [2.05, 4.69) is 26.1 Å². The fraction of sp³-hybridized carbons (Fsp3) is 0.833. The van der Waals surface area contributed by atoms with Crippen LogP contribution in [0.15, 0.2) is 0 Å². The molecule has 1 N–H and O–H groups in total. The lowest BCUT2D eigenvalue weighted by Crippen LogP contribution is -2.41. The Morgan fingerprint density at radius 3 is 2.44 bits per heavy atom. The first-order valence-electron chi connectivity index (χ1n) is 6.02. The van der Waals surface area contributed by atoms with E-state index >= 15 is 0 Å². The van der Waals surface area contributed by atoms with E-state index in [0.29, 0.717) is 19.0 Å². The summed E-state index contributed by atoms with van der Waals surface area (Å²) in [5, 5.41) is 2.64.